The second kappa shape index (κ2) is 5.80. The van der Waals surface area contributed by atoms with Crippen molar-refractivity contribution < 1.29 is 0 Å². The number of aromatic nitrogens is 2. The fraction of sp³-hybridized carbons (Fsp3) is 0.312. The summed E-state index contributed by atoms with van der Waals surface area (Å²) in [5, 5.41) is 12.3. The Kier molecular flexibility index (Phi) is 4.08. The van der Waals surface area contributed by atoms with Crippen LogP contribution in [0, 0.1) is 32.1 Å². The van der Waals surface area contributed by atoms with Gasteiger partial charge in [0.25, 0.3) is 5.56 Å². The third kappa shape index (κ3) is 3.11. The Labute approximate surface area is 123 Å². The number of H-pyrrole nitrogens is 1. The molecule has 0 aliphatic carbocycles. The van der Waals surface area contributed by atoms with Crippen LogP contribution in [0.4, 0.5) is 5.69 Å². The fourth-order valence-corrected chi connectivity index (χ4v) is 2.40. The number of nitrogens with one attached hydrogen (secondary N) is 2. The Bertz CT molecular complexity index is 771. The molecule has 1 atom stereocenters. The molecule has 0 aliphatic rings. The summed E-state index contributed by atoms with van der Waals surface area (Å²) in [6.07, 6.45) is 0. The lowest BCUT2D eigenvalue weighted by Gasteiger charge is -2.18. The van der Waals surface area contributed by atoms with E-state index >= 15 is 0 Å². The highest BCUT2D eigenvalue weighted by atomic mass is 16.1. The standard InChI is InChI=1S/C16H18N4O/c1-9-5-6-13(8-17)7-14(9)19-11(3)15-10(2)18-12(4)20-16(15)21/h5-7,11,19H,1-4H3,(H,18,20,21). The minimum atomic E-state index is -0.200. The second-order valence-corrected chi connectivity index (χ2v) is 5.16. The second-order valence-electron chi connectivity index (χ2n) is 5.16. The van der Waals surface area contributed by atoms with Crippen molar-refractivity contribution in [2.45, 2.75) is 33.7 Å². The average Bonchev–Trinajstić information content (AvgIpc) is 2.40. The Morgan fingerprint density at radius 1 is 1.33 bits per heavy atom. The molecule has 0 saturated heterocycles. The van der Waals surface area contributed by atoms with Crippen LogP contribution in [0.25, 0.3) is 0 Å². The Balaban J connectivity index is 2.37. The van der Waals surface area contributed by atoms with Crippen LogP contribution >= 0.6 is 0 Å². The average molecular weight is 282 g/mol. The summed E-state index contributed by atoms with van der Waals surface area (Å²) in [6, 6.07) is 7.37. The van der Waals surface area contributed by atoms with Crippen molar-refractivity contribution in [3.8, 4) is 6.07 Å². The number of hydrogen-bond donors (Lipinski definition) is 2. The predicted molar refractivity (Wildman–Crippen MR) is 82.3 cm³/mol. The summed E-state index contributed by atoms with van der Waals surface area (Å²) < 4.78 is 0. The molecule has 1 aromatic carbocycles. The first-order valence-electron chi connectivity index (χ1n) is 6.77. The first-order valence-corrected chi connectivity index (χ1v) is 6.77. The number of aromatic amines is 1. The Hall–Kier alpha value is -2.61. The molecule has 5 nitrogen and oxygen atoms in total. The molecule has 1 aromatic heterocycles. The van der Waals surface area contributed by atoms with E-state index < -0.39 is 0 Å². The molecule has 2 N–H and O–H groups in total. The van der Waals surface area contributed by atoms with Crippen molar-refractivity contribution in [2.24, 2.45) is 0 Å². The lowest BCUT2D eigenvalue weighted by Crippen LogP contribution is -2.23. The number of aryl methyl sites for hydroxylation is 3. The lowest BCUT2D eigenvalue weighted by atomic mass is 10.1. The first-order chi connectivity index (χ1) is 9.92. The minimum Gasteiger partial charge on any atom is -0.378 e. The third-order valence-corrected chi connectivity index (χ3v) is 3.44. The van der Waals surface area contributed by atoms with E-state index in [9.17, 15) is 4.79 Å². The highest BCUT2D eigenvalue weighted by Gasteiger charge is 2.15. The molecule has 5 heteroatoms. The molecule has 1 unspecified atom stereocenters. The molecule has 2 aromatic rings. The van der Waals surface area contributed by atoms with Gasteiger partial charge in [-0.3, -0.25) is 4.79 Å². The number of nitrogens with zero attached hydrogens (tertiary/aromatic N) is 2. The van der Waals surface area contributed by atoms with Gasteiger partial charge >= 0.3 is 0 Å². The maximum atomic E-state index is 12.1. The van der Waals surface area contributed by atoms with Crippen LogP contribution in [0.5, 0.6) is 0 Å². The monoisotopic (exact) mass is 282 g/mol. The van der Waals surface area contributed by atoms with Crippen molar-refractivity contribution in [3.63, 3.8) is 0 Å². The molecular formula is C16H18N4O. The van der Waals surface area contributed by atoms with Crippen LogP contribution in [0.2, 0.25) is 0 Å². The molecule has 0 radical (unpaired) electrons. The van der Waals surface area contributed by atoms with Gasteiger partial charge in [0.15, 0.2) is 0 Å². The molecule has 0 saturated carbocycles. The van der Waals surface area contributed by atoms with Gasteiger partial charge in [-0.25, -0.2) is 4.98 Å². The summed E-state index contributed by atoms with van der Waals surface area (Å²) in [5.41, 5.74) is 3.65. The molecule has 0 bridgehead atoms. The molecule has 0 fully saturated rings. The quantitative estimate of drug-likeness (QED) is 0.907. The normalized spacial score (nSPS) is 11.8. The topological polar surface area (TPSA) is 81.6 Å². The van der Waals surface area contributed by atoms with Gasteiger partial charge in [0, 0.05) is 5.69 Å². The van der Waals surface area contributed by atoms with Gasteiger partial charge in [-0.15, -0.1) is 0 Å². The molecule has 1 heterocycles. The molecule has 21 heavy (non-hydrogen) atoms. The van der Waals surface area contributed by atoms with E-state index in [4.69, 9.17) is 5.26 Å². The number of benzene rings is 1. The van der Waals surface area contributed by atoms with Crippen molar-refractivity contribution in [1.29, 1.82) is 5.26 Å². The van der Waals surface area contributed by atoms with Crippen LogP contribution in [0.3, 0.4) is 0 Å². The third-order valence-electron chi connectivity index (χ3n) is 3.44. The van der Waals surface area contributed by atoms with Crippen molar-refractivity contribution in [3.05, 3.63) is 56.8 Å². The minimum absolute atomic E-state index is 0.130. The van der Waals surface area contributed by atoms with Gasteiger partial charge < -0.3 is 10.3 Å². The van der Waals surface area contributed by atoms with Gasteiger partial charge in [0.1, 0.15) is 5.82 Å². The highest BCUT2D eigenvalue weighted by molar-refractivity contribution is 5.56. The van der Waals surface area contributed by atoms with Crippen molar-refractivity contribution >= 4 is 5.69 Å². The van der Waals surface area contributed by atoms with E-state index in [0.29, 0.717) is 22.6 Å². The van der Waals surface area contributed by atoms with Crippen LogP contribution < -0.4 is 10.9 Å². The fourth-order valence-electron chi connectivity index (χ4n) is 2.40. The largest absolute Gasteiger partial charge is 0.378 e. The number of rotatable bonds is 3. The van der Waals surface area contributed by atoms with Crippen LogP contribution in [0.1, 0.15) is 41.2 Å². The summed E-state index contributed by atoms with van der Waals surface area (Å²) >= 11 is 0. The van der Waals surface area contributed by atoms with E-state index in [1.54, 1.807) is 19.1 Å². The van der Waals surface area contributed by atoms with Crippen molar-refractivity contribution in [1.82, 2.24) is 9.97 Å². The Morgan fingerprint density at radius 3 is 2.67 bits per heavy atom. The lowest BCUT2D eigenvalue weighted by molar-refractivity contribution is 0.813. The summed E-state index contributed by atoms with van der Waals surface area (Å²) in [4.78, 5) is 19.1. The van der Waals surface area contributed by atoms with E-state index in [1.165, 1.54) is 0 Å². The molecule has 2 rings (SSSR count). The van der Waals surface area contributed by atoms with Gasteiger partial charge in [-0.2, -0.15) is 5.26 Å². The van der Waals surface area contributed by atoms with Gasteiger partial charge in [-0.05, 0) is 45.4 Å². The van der Waals surface area contributed by atoms with E-state index in [-0.39, 0.29) is 11.6 Å². The Morgan fingerprint density at radius 2 is 2.05 bits per heavy atom. The first kappa shape index (κ1) is 14.8. The zero-order valence-electron chi connectivity index (χ0n) is 12.6. The zero-order chi connectivity index (χ0) is 15.6. The highest BCUT2D eigenvalue weighted by Crippen LogP contribution is 2.22. The summed E-state index contributed by atoms with van der Waals surface area (Å²) in [5.74, 6) is 0.608. The molecule has 0 amide bonds. The number of anilines is 1. The van der Waals surface area contributed by atoms with E-state index in [1.807, 2.05) is 26.8 Å². The SMILES string of the molecule is Cc1nc(C)c(C(C)Nc2cc(C#N)ccc2C)c(=O)[nH]1. The predicted octanol–water partition coefficient (Wildman–Crippen LogP) is 2.74. The van der Waals surface area contributed by atoms with Gasteiger partial charge in [-0.1, -0.05) is 6.07 Å². The number of hydrogen-bond acceptors (Lipinski definition) is 4. The van der Waals surface area contributed by atoms with E-state index in [0.717, 1.165) is 11.3 Å². The van der Waals surface area contributed by atoms with Gasteiger partial charge in [0.05, 0.1) is 28.9 Å². The van der Waals surface area contributed by atoms with Crippen molar-refractivity contribution in [2.75, 3.05) is 5.32 Å². The zero-order valence-corrected chi connectivity index (χ0v) is 12.6. The van der Waals surface area contributed by atoms with E-state index in [2.05, 4.69) is 21.4 Å². The maximum Gasteiger partial charge on any atom is 0.256 e. The number of nitriles is 1. The summed E-state index contributed by atoms with van der Waals surface area (Å²) in [7, 11) is 0. The van der Waals surface area contributed by atoms with Crippen LogP contribution in [0.15, 0.2) is 23.0 Å². The summed E-state index contributed by atoms with van der Waals surface area (Å²) in [6.45, 7) is 7.46. The maximum absolute atomic E-state index is 12.1. The van der Waals surface area contributed by atoms with Crippen LogP contribution in [-0.2, 0) is 0 Å². The van der Waals surface area contributed by atoms with Crippen LogP contribution in [-0.4, -0.2) is 9.97 Å². The smallest absolute Gasteiger partial charge is 0.256 e. The molecule has 0 spiro atoms. The molecular weight excluding hydrogens is 264 g/mol. The van der Waals surface area contributed by atoms with Gasteiger partial charge in [0.2, 0.25) is 0 Å². The molecule has 0 aliphatic heterocycles. The molecule has 108 valence electrons.